The number of methoxy groups -OCH3 is 1. The average molecular weight is 343 g/mol. The highest BCUT2D eigenvalue weighted by atomic mass is 16.5. The third kappa shape index (κ3) is 4.97. The zero-order chi connectivity index (χ0) is 18.2. The van der Waals surface area contributed by atoms with E-state index in [4.69, 9.17) is 14.6 Å². The Bertz CT molecular complexity index is 757. The number of amides is 1. The van der Waals surface area contributed by atoms with E-state index in [-0.39, 0.29) is 11.1 Å². The van der Waals surface area contributed by atoms with Crippen molar-refractivity contribution in [3.8, 4) is 11.5 Å². The molecule has 2 rings (SSSR count). The van der Waals surface area contributed by atoms with Crippen molar-refractivity contribution in [1.29, 1.82) is 0 Å². The smallest absolute Gasteiger partial charge is 0.335 e. The first-order chi connectivity index (χ1) is 12.0. The molecule has 132 valence electrons. The molecule has 0 saturated heterocycles. The van der Waals surface area contributed by atoms with Gasteiger partial charge in [0, 0.05) is 11.6 Å². The predicted octanol–water partition coefficient (Wildman–Crippen LogP) is 3.82. The van der Waals surface area contributed by atoms with Crippen molar-refractivity contribution in [3.63, 3.8) is 0 Å². The van der Waals surface area contributed by atoms with Gasteiger partial charge in [-0.15, -0.1) is 0 Å². The summed E-state index contributed by atoms with van der Waals surface area (Å²) in [5.41, 5.74) is 0.779. The number of hydrogen-bond acceptors (Lipinski definition) is 4. The minimum atomic E-state index is -1.08. The van der Waals surface area contributed by atoms with Crippen LogP contribution in [0.15, 0.2) is 42.5 Å². The van der Waals surface area contributed by atoms with E-state index >= 15 is 0 Å². The lowest BCUT2D eigenvalue weighted by molar-refractivity contribution is 0.0697. The van der Waals surface area contributed by atoms with Crippen LogP contribution >= 0.6 is 0 Å². The van der Waals surface area contributed by atoms with Crippen LogP contribution in [0.3, 0.4) is 0 Å². The quantitative estimate of drug-likeness (QED) is 0.712. The van der Waals surface area contributed by atoms with E-state index in [1.54, 1.807) is 24.3 Å². The van der Waals surface area contributed by atoms with Crippen molar-refractivity contribution in [2.45, 2.75) is 19.8 Å². The van der Waals surface area contributed by atoms with Crippen LogP contribution in [0.4, 0.5) is 5.69 Å². The second-order valence-corrected chi connectivity index (χ2v) is 5.40. The van der Waals surface area contributed by atoms with Crippen molar-refractivity contribution < 1.29 is 24.2 Å². The van der Waals surface area contributed by atoms with E-state index in [0.717, 1.165) is 12.8 Å². The molecule has 2 N–H and O–H groups in total. The maximum atomic E-state index is 12.5. The van der Waals surface area contributed by atoms with E-state index in [2.05, 4.69) is 12.2 Å². The number of carbonyl (C=O) groups is 2. The van der Waals surface area contributed by atoms with E-state index in [0.29, 0.717) is 23.8 Å². The number of unbranched alkanes of at least 4 members (excludes halogenated alkanes) is 1. The molecule has 2 aromatic rings. The zero-order valence-electron chi connectivity index (χ0n) is 14.2. The summed E-state index contributed by atoms with van der Waals surface area (Å²) in [5, 5.41) is 11.8. The third-order valence-corrected chi connectivity index (χ3v) is 3.56. The van der Waals surface area contributed by atoms with Gasteiger partial charge in [0.2, 0.25) is 0 Å². The molecule has 0 radical (unpaired) electrons. The summed E-state index contributed by atoms with van der Waals surface area (Å²) in [7, 11) is 1.54. The third-order valence-electron chi connectivity index (χ3n) is 3.56. The van der Waals surface area contributed by atoms with Crippen molar-refractivity contribution in [3.05, 3.63) is 53.6 Å². The Balaban J connectivity index is 2.23. The van der Waals surface area contributed by atoms with Crippen molar-refractivity contribution in [1.82, 2.24) is 0 Å². The summed E-state index contributed by atoms with van der Waals surface area (Å²) in [6.45, 7) is 2.61. The first-order valence-corrected chi connectivity index (χ1v) is 8.00. The Hall–Kier alpha value is -3.02. The number of ether oxygens (including phenoxy) is 2. The summed E-state index contributed by atoms with van der Waals surface area (Å²) >= 11 is 0. The molecule has 0 atom stereocenters. The highest BCUT2D eigenvalue weighted by Crippen LogP contribution is 2.30. The first kappa shape index (κ1) is 18.3. The summed E-state index contributed by atoms with van der Waals surface area (Å²) in [6, 6.07) is 11.0. The molecule has 0 aliphatic carbocycles. The van der Waals surface area contributed by atoms with Crippen molar-refractivity contribution >= 4 is 17.6 Å². The number of nitrogens with one attached hydrogen (secondary N) is 1. The average Bonchev–Trinajstić information content (AvgIpc) is 2.63. The van der Waals surface area contributed by atoms with Gasteiger partial charge in [-0.1, -0.05) is 19.4 Å². The molecule has 0 aliphatic heterocycles. The van der Waals surface area contributed by atoms with E-state index in [1.165, 1.54) is 25.3 Å². The molecule has 1 amide bonds. The topological polar surface area (TPSA) is 84.9 Å². The molecular weight excluding hydrogens is 322 g/mol. The lowest BCUT2D eigenvalue weighted by Crippen LogP contribution is -2.14. The van der Waals surface area contributed by atoms with Gasteiger partial charge in [0.05, 0.1) is 25.0 Å². The number of benzene rings is 2. The Kier molecular flexibility index (Phi) is 6.39. The Morgan fingerprint density at radius 1 is 1.12 bits per heavy atom. The molecule has 6 heteroatoms. The molecule has 0 saturated carbocycles. The standard InChI is InChI=1S/C19H21NO5/c1-3-4-10-25-17-9-8-15(24-2)12-16(17)20-18(21)13-6-5-7-14(11-13)19(22)23/h5-9,11-12H,3-4,10H2,1-2H3,(H,20,21)(H,22,23). The van der Waals surface area contributed by atoms with Crippen LogP contribution in [0.25, 0.3) is 0 Å². The second kappa shape index (κ2) is 8.73. The van der Waals surface area contributed by atoms with Gasteiger partial charge in [-0.25, -0.2) is 4.79 Å². The number of carboxylic acids is 1. The number of carboxylic acid groups (broad SMARTS) is 1. The van der Waals surface area contributed by atoms with Crippen LogP contribution in [-0.2, 0) is 0 Å². The number of rotatable bonds is 8. The van der Waals surface area contributed by atoms with Crippen molar-refractivity contribution in [2.75, 3.05) is 19.0 Å². The monoisotopic (exact) mass is 343 g/mol. The van der Waals surface area contributed by atoms with E-state index in [9.17, 15) is 9.59 Å². The molecule has 0 bridgehead atoms. The maximum absolute atomic E-state index is 12.5. The van der Waals surface area contributed by atoms with Crippen LogP contribution in [0.1, 0.15) is 40.5 Å². The molecule has 0 heterocycles. The van der Waals surface area contributed by atoms with Gasteiger partial charge in [-0.2, -0.15) is 0 Å². The number of aromatic carboxylic acids is 1. The van der Waals surface area contributed by atoms with Gasteiger partial charge < -0.3 is 19.9 Å². The van der Waals surface area contributed by atoms with Gasteiger partial charge in [-0.05, 0) is 36.8 Å². The molecule has 0 spiro atoms. The lowest BCUT2D eigenvalue weighted by Gasteiger charge is -2.14. The molecular formula is C19H21NO5. The SMILES string of the molecule is CCCCOc1ccc(OC)cc1NC(=O)c1cccc(C(=O)O)c1. The van der Waals surface area contributed by atoms with Gasteiger partial charge >= 0.3 is 5.97 Å². The number of hydrogen-bond donors (Lipinski definition) is 2. The minimum Gasteiger partial charge on any atom is -0.497 e. The minimum absolute atomic E-state index is 0.0534. The molecule has 6 nitrogen and oxygen atoms in total. The summed E-state index contributed by atoms with van der Waals surface area (Å²) < 4.78 is 10.9. The fraction of sp³-hybridized carbons (Fsp3) is 0.263. The van der Waals surface area contributed by atoms with Crippen LogP contribution in [0.2, 0.25) is 0 Å². The highest BCUT2D eigenvalue weighted by Gasteiger charge is 2.13. The Morgan fingerprint density at radius 2 is 1.88 bits per heavy atom. The van der Waals surface area contributed by atoms with Crippen LogP contribution < -0.4 is 14.8 Å². The summed E-state index contributed by atoms with van der Waals surface area (Å²) in [5.74, 6) is -0.384. The zero-order valence-corrected chi connectivity index (χ0v) is 14.2. The summed E-state index contributed by atoms with van der Waals surface area (Å²) in [4.78, 5) is 23.5. The van der Waals surface area contributed by atoms with Crippen LogP contribution in [0.5, 0.6) is 11.5 Å². The second-order valence-electron chi connectivity index (χ2n) is 5.40. The summed E-state index contributed by atoms with van der Waals surface area (Å²) in [6.07, 6.45) is 1.90. The Labute approximate surface area is 146 Å². The lowest BCUT2D eigenvalue weighted by atomic mass is 10.1. The van der Waals surface area contributed by atoms with E-state index in [1.807, 2.05) is 0 Å². The maximum Gasteiger partial charge on any atom is 0.335 e. The molecule has 0 aromatic heterocycles. The predicted molar refractivity (Wildman–Crippen MR) is 94.8 cm³/mol. The molecule has 25 heavy (non-hydrogen) atoms. The molecule has 0 fully saturated rings. The number of carbonyl (C=O) groups excluding carboxylic acids is 1. The van der Waals surface area contributed by atoms with Crippen molar-refractivity contribution in [2.24, 2.45) is 0 Å². The Morgan fingerprint density at radius 3 is 2.56 bits per heavy atom. The molecule has 0 aliphatic rings. The fourth-order valence-electron chi connectivity index (χ4n) is 2.17. The highest BCUT2D eigenvalue weighted by molar-refractivity contribution is 6.06. The molecule has 0 unspecified atom stereocenters. The fourth-order valence-corrected chi connectivity index (χ4v) is 2.17. The normalized spacial score (nSPS) is 10.2. The van der Waals surface area contributed by atoms with Gasteiger partial charge in [0.25, 0.3) is 5.91 Å². The van der Waals surface area contributed by atoms with Gasteiger partial charge in [0.1, 0.15) is 11.5 Å². The molecule has 2 aromatic carbocycles. The van der Waals surface area contributed by atoms with Crippen LogP contribution in [0, 0.1) is 0 Å². The van der Waals surface area contributed by atoms with Gasteiger partial charge in [-0.3, -0.25) is 4.79 Å². The van der Waals surface area contributed by atoms with Crippen LogP contribution in [-0.4, -0.2) is 30.7 Å². The van der Waals surface area contributed by atoms with E-state index < -0.39 is 11.9 Å². The van der Waals surface area contributed by atoms with Gasteiger partial charge in [0.15, 0.2) is 0 Å². The first-order valence-electron chi connectivity index (χ1n) is 8.00. The number of anilines is 1. The largest absolute Gasteiger partial charge is 0.497 e.